The summed E-state index contributed by atoms with van der Waals surface area (Å²) in [7, 11) is 0. The molecule has 0 spiro atoms. The fraction of sp³-hybridized carbons (Fsp3) is 0.176. The Morgan fingerprint density at radius 3 is 2.45 bits per heavy atom. The first-order chi connectivity index (χ1) is 9.66. The van der Waals surface area contributed by atoms with Crippen LogP contribution in [-0.2, 0) is 0 Å². The maximum Gasteiger partial charge on any atom is 0.131 e. The summed E-state index contributed by atoms with van der Waals surface area (Å²) in [5.41, 5.74) is 2.76. The molecule has 0 aliphatic rings. The molecule has 3 heteroatoms. The molecule has 1 aromatic heterocycles. The van der Waals surface area contributed by atoms with E-state index < -0.39 is 0 Å². The van der Waals surface area contributed by atoms with Gasteiger partial charge in [0.1, 0.15) is 12.1 Å². The fourth-order valence-electron chi connectivity index (χ4n) is 2.32. The molecule has 0 atom stereocenters. The summed E-state index contributed by atoms with van der Waals surface area (Å²) < 4.78 is 13.9. The van der Waals surface area contributed by atoms with Gasteiger partial charge in [-0.3, -0.25) is 0 Å². The Labute approximate surface area is 117 Å². The van der Waals surface area contributed by atoms with E-state index in [4.69, 9.17) is 0 Å². The third-order valence-electron chi connectivity index (χ3n) is 3.43. The smallest absolute Gasteiger partial charge is 0.131 e. The van der Waals surface area contributed by atoms with Crippen molar-refractivity contribution in [1.29, 1.82) is 0 Å². The third kappa shape index (κ3) is 2.16. The van der Waals surface area contributed by atoms with Gasteiger partial charge in [-0.05, 0) is 29.5 Å². The van der Waals surface area contributed by atoms with Crippen molar-refractivity contribution in [3.05, 3.63) is 60.3 Å². The van der Waals surface area contributed by atoms with E-state index in [1.165, 1.54) is 6.07 Å². The van der Waals surface area contributed by atoms with Crippen LogP contribution in [-0.4, -0.2) is 9.97 Å². The molecule has 0 bridgehead atoms. The van der Waals surface area contributed by atoms with Crippen LogP contribution < -0.4 is 0 Å². The molecule has 0 amide bonds. The van der Waals surface area contributed by atoms with Gasteiger partial charge in [0.15, 0.2) is 0 Å². The number of nitrogens with zero attached hydrogens (tertiary/aromatic N) is 2. The minimum Gasteiger partial charge on any atom is -0.241 e. The van der Waals surface area contributed by atoms with E-state index in [0.717, 1.165) is 22.3 Å². The normalized spacial score (nSPS) is 11.2. The highest BCUT2D eigenvalue weighted by Crippen LogP contribution is 2.29. The molecule has 0 saturated carbocycles. The second-order valence-corrected chi connectivity index (χ2v) is 5.12. The summed E-state index contributed by atoms with van der Waals surface area (Å²) in [6.07, 6.45) is 1.57. The monoisotopic (exact) mass is 266 g/mol. The zero-order valence-corrected chi connectivity index (χ0v) is 11.5. The highest BCUT2D eigenvalue weighted by molar-refractivity contribution is 5.96. The molecule has 2 aromatic carbocycles. The summed E-state index contributed by atoms with van der Waals surface area (Å²) >= 11 is 0. The van der Waals surface area contributed by atoms with Gasteiger partial charge in [-0.15, -0.1) is 0 Å². The van der Waals surface area contributed by atoms with Crippen molar-refractivity contribution < 1.29 is 4.39 Å². The SMILES string of the molecule is CC(C)c1cc(-c2ccc(F)c3ccccc23)ncn1. The standard InChI is InChI=1S/C17H15FN2/c1-11(2)16-9-17(20-10-19-16)14-7-8-15(18)13-6-4-3-5-12(13)14/h3-11H,1-2H3. The Bertz CT molecular complexity index is 766. The number of rotatable bonds is 2. The number of benzene rings is 2. The number of hydrogen-bond acceptors (Lipinski definition) is 2. The summed E-state index contributed by atoms with van der Waals surface area (Å²) in [5, 5.41) is 1.50. The molecule has 3 rings (SSSR count). The minimum atomic E-state index is -0.206. The summed E-state index contributed by atoms with van der Waals surface area (Å²) in [4.78, 5) is 8.62. The van der Waals surface area contributed by atoms with E-state index in [9.17, 15) is 4.39 Å². The Balaban J connectivity index is 2.25. The predicted octanol–water partition coefficient (Wildman–Crippen LogP) is 4.56. The zero-order valence-electron chi connectivity index (χ0n) is 11.5. The van der Waals surface area contributed by atoms with Gasteiger partial charge in [-0.1, -0.05) is 38.1 Å². The van der Waals surface area contributed by atoms with Crippen molar-refractivity contribution in [2.75, 3.05) is 0 Å². The number of fused-ring (bicyclic) bond motifs is 1. The molecule has 2 nitrogen and oxygen atoms in total. The molecule has 0 aliphatic carbocycles. The second kappa shape index (κ2) is 5.00. The molecule has 0 saturated heterocycles. The molecule has 1 heterocycles. The quantitative estimate of drug-likeness (QED) is 0.679. The Kier molecular flexibility index (Phi) is 3.18. The number of aromatic nitrogens is 2. The van der Waals surface area contributed by atoms with Crippen LogP contribution in [0.1, 0.15) is 25.5 Å². The lowest BCUT2D eigenvalue weighted by atomic mass is 10.00. The van der Waals surface area contributed by atoms with Gasteiger partial charge in [0.05, 0.1) is 5.69 Å². The largest absolute Gasteiger partial charge is 0.241 e. The van der Waals surface area contributed by atoms with Crippen LogP contribution >= 0.6 is 0 Å². The van der Waals surface area contributed by atoms with E-state index in [0.29, 0.717) is 11.3 Å². The lowest BCUT2D eigenvalue weighted by molar-refractivity contribution is 0.640. The Morgan fingerprint density at radius 2 is 1.70 bits per heavy atom. The van der Waals surface area contributed by atoms with Gasteiger partial charge >= 0.3 is 0 Å². The van der Waals surface area contributed by atoms with Crippen LogP contribution in [0.5, 0.6) is 0 Å². The van der Waals surface area contributed by atoms with E-state index in [1.807, 2.05) is 24.3 Å². The first-order valence-corrected chi connectivity index (χ1v) is 6.66. The van der Waals surface area contributed by atoms with Crippen LogP contribution in [0.3, 0.4) is 0 Å². The third-order valence-corrected chi connectivity index (χ3v) is 3.43. The van der Waals surface area contributed by atoms with Gasteiger partial charge in [0, 0.05) is 16.6 Å². The van der Waals surface area contributed by atoms with Gasteiger partial charge in [0.2, 0.25) is 0 Å². The van der Waals surface area contributed by atoms with Crippen LogP contribution in [0.2, 0.25) is 0 Å². The predicted molar refractivity (Wildman–Crippen MR) is 79.0 cm³/mol. The fourth-order valence-corrected chi connectivity index (χ4v) is 2.32. The van der Waals surface area contributed by atoms with E-state index in [2.05, 4.69) is 23.8 Å². The molecule has 0 aliphatic heterocycles. The van der Waals surface area contributed by atoms with E-state index in [1.54, 1.807) is 18.5 Å². The molecular formula is C17H15FN2. The second-order valence-electron chi connectivity index (χ2n) is 5.12. The minimum absolute atomic E-state index is 0.206. The highest BCUT2D eigenvalue weighted by Gasteiger charge is 2.10. The lowest BCUT2D eigenvalue weighted by Crippen LogP contribution is -1.95. The average molecular weight is 266 g/mol. The molecule has 0 unspecified atom stereocenters. The first kappa shape index (κ1) is 12.7. The summed E-state index contributed by atoms with van der Waals surface area (Å²) in [5.74, 6) is 0.131. The molecule has 100 valence electrons. The zero-order chi connectivity index (χ0) is 14.1. The molecule has 0 fully saturated rings. The van der Waals surface area contributed by atoms with Crippen molar-refractivity contribution in [1.82, 2.24) is 9.97 Å². The van der Waals surface area contributed by atoms with Gasteiger partial charge < -0.3 is 0 Å². The van der Waals surface area contributed by atoms with Crippen LogP contribution in [0.25, 0.3) is 22.0 Å². The Morgan fingerprint density at radius 1 is 0.950 bits per heavy atom. The van der Waals surface area contributed by atoms with Gasteiger partial charge in [0.25, 0.3) is 0 Å². The molecule has 0 N–H and O–H groups in total. The van der Waals surface area contributed by atoms with Crippen molar-refractivity contribution in [3.8, 4) is 11.3 Å². The number of halogens is 1. The maximum atomic E-state index is 13.9. The average Bonchev–Trinajstić information content (AvgIpc) is 2.48. The maximum absolute atomic E-state index is 13.9. The van der Waals surface area contributed by atoms with Crippen molar-refractivity contribution in [2.45, 2.75) is 19.8 Å². The van der Waals surface area contributed by atoms with Crippen molar-refractivity contribution >= 4 is 10.8 Å². The topological polar surface area (TPSA) is 25.8 Å². The Hall–Kier alpha value is -2.29. The number of hydrogen-bond donors (Lipinski definition) is 0. The van der Waals surface area contributed by atoms with Crippen molar-refractivity contribution in [2.24, 2.45) is 0 Å². The van der Waals surface area contributed by atoms with E-state index in [-0.39, 0.29) is 5.82 Å². The molecule has 3 aromatic rings. The summed E-state index contributed by atoms with van der Waals surface area (Å²) in [6, 6.07) is 12.7. The van der Waals surface area contributed by atoms with Crippen LogP contribution in [0.4, 0.5) is 4.39 Å². The first-order valence-electron chi connectivity index (χ1n) is 6.66. The molecular weight excluding hydrogens is 251 g/mol. The van der Waals surface area contributed by atoms with Gasteiger partial charge in [-0.2, -0.15) is 0 Å². The van der Waals surface area contributed by atoms with E-state index >= 15 is 0 Å². The lowest BCUT2D eigenvalue weighted by Gasteiger charge is -2.09. The van der Waals surface area contributed by atoms with Gasteiger partial charge in [-0.25, -0.2) is 14.4 Å². The van der Waals surface area contributed by atoms with Crippen LogP contribution in [0, 0.1) is 5.82 Å². The van der Waals surface area contributed by atoms with Crippen LogP contribution in [0.15, 0.2) is 48.8 Å². The molecule has 0 radical (unpaired) electrons. The van der Waals surface area contributed by atoms with Crippen molar-refractivity contribution in [3.63, 3.8) is 0 Å². The molecule has 20 heavy (non-hydrogen) atoms. The highest BCUT2D eigenvalue weighted by atomic mass is 19.1. The summed E-state index contributed by atoms with van der Waals surface area (Å²) in [6.45, 7) is 4.18.